The van der Waals surface area contributed by atoms with Gasteiger partial charge in [0.15, 0.2) is 0 Å². The van der Waals surface area contributed by atoms with Gasteiger partial charge in [-0.3, -0.25) is 20.3 Å². The van der Waals surface area contributed by atoms with E-state index in [4.69, 9.17) is 10.6 Å². The van der Waals surface area contributed by atoms with Crippen LogP contribution in [-0.2, 0) is 6.61 Å². The Labute approximate surface area is 120 Å². The molecule has 0 bridgehead atoms. The fourth-order valence-electron chi connectivity index (χ4n) is 1.77. The van der Waals surface area contributed by atoms with Crippen LogP contribution in [0.5, 0.6) is 5.75 Å². The number of rotatable bonds is 5. The summed E-state index contributed by atoms with van der Waals surface area (Å²) in [5.41, 5.74) is 3.15. The summed E-state index contributed by atoms with van der Waals surface area (Å²) in [5, 5.41) is 10.6. The van der Waals surface area contributed by atoms with Crippen LogP contribution >= 0.6 is 0 Å². The number of hydrogen-bond acceptors (Lipinski definition) is 5. The first-order valence-electron chi connectivity index (χ1n) is 6.08. The average Bonchev–Trinajstić information content (AvgIpc) is 2.52. The van der Waals surface area contributed by atoms with Gasteiger partial charge in [0.05, 0.1) is 4.92 Å². The Bertz CT molecular complexity index is 656. The van der Waals surface area contributed by atoms with E-state index in [-0.39, 0.29) is 12.3 Å². The summed E-state index contributed by atoms with van der Waals surface area (Å²) in [4.78, 5) is 21.7. The average molecular weight is 287 g/mol. The molecular formula is C14H13N3O4. The van der Waals surface area contributed by atoms with E-state index in [9.17, 15) is 14.9 Å². The molecule has 0 aliphatic carbocycles. The number of carbonyl (C=O) groups is 1. The molecule has 3 N–H and O–H groups in total. The molecule has 0 fully saturated rings. The highest BCUT2D eigenvalue weighted by Gasteiger charge is 2.10. The SMILES string of the molecule is NNC(=O)c1ccccc1COc1ccc([N+](=O)[O-])cc1. The molecule has 108 valence electrons. The van der Waals surface area contributed by atoms with E-state index in [0.717, 1.165) is 0 Å². The number of nitrogens with two attached hydrogens (primary N) is 1. The quantitative estimate of drug-likeness (QED) is 0.377. The summed E-state index contributed by atoms with van der Waals surface area (Å²) >= 11 is 0. The lowest BCUT2D eigenvalue weighted by atomic mass is 10.1. The van der Waals surface area contributed by atoms with E-state index in [2.05, 4.69) is 5.43 Å². The van der Waals surface area contributed by atoms with Crippen molar-refractivity contribution < 1.29 is 14.5 Å². The highest BCUT2D eigenvalue weighted by Crippen LogP contribution is 2.19. The third-order valence-corrected chi connectivity index (χ3v) is 2.83. The summed E-state index contributed by atoms with van der Waals surface area (Å²) < 4.78 is 5.52. The number of ether oxygens (including phenoxy) is 1. The standard InChI is InChI=1S/C14H13N3O4/c15-16-14(18)13-4-2-1-3-10(13)9-21-12-7-5-11(6-8-12)17(19)20/h1-8H,9,15H2,(H,16,18). The van der Waals surface area contributed by atoms with Crippen LogP contribution in [0.3, 0.4) is 0 Å². The number of hydrogen-bond donors (Lipinski definition) is 2. The van der Waals surface area contributed by atoms with Gasteiger partial charge in [0.25, 0.3) is 11.6 Å². The van der Waals surface area contributed by atoms with Gasteiger partial charge < -0.3 is 4.74 Å². The highest BCUT2D eigenvalue weighted by molar-refractivity contribution is 5.95. The van der Waals surface area contributed by atoms with Gasteiger partial charge in [0.1, 0.15) is 12.4 Å². The Kier molecular flexibility index (Phi) is 4.47. The molecule has 0 aliphatic heterocycles. The fraction of sp³-hybridized carbons (Fsp3) is 0.0714. The molecule has 0 saturated heterocycles. The van der Waals surface area contributed by atoms with Gasteiger partial charge in [-0.05, 0) is 18.2 Å². The van der Waals surface area contributed by atoms with Crippen LogP contribution in [0.4, 0.5) is 5.69 Å². The number of carbonyl (C=O) groups excluding carboxylic acids is 1. The lowest BCUT2D eigenvalue weighted by molar-refractivity contribution is -0.384. The third kappa shape index (κ3) is 3.54. The Morgan fingerprint density at radius 2 is 1.86 bits per heavy atom. The number of hydrazine groups is 1. The first-order valence-corrected chi connectivity index (χ1v) is 6.08. The number of nitrogens with zero attached hydrogens (tertiary/aromatic N) is 1. The van der Waals surface area contributed by atoms with Gasteiger partial charge >= 0.3 is 0 Å². The first-order chi connectivity index (χ1) is 10.1. The molecule has 0 spiro atoms. The molecule has 1 amide bonds. The van der Waals surface area contributed by atoms with E-state index < -0.39 is 10.8 Å². The molecule has 0 heterocycles. The van der Waals surface area contributed by atoms with Crippen LogP contribution in [0.25, 0.3) is 0 Å². The molecule has 0 aromatic heterocycles. The van der Waals surface area contributed by atoms with Crippen molar-refractivity contribution in [2.45, 2.75) is 6.61 Å². The zero-order chi connectivity index (χ0) is 15.2. The van der Waals surface area contributed by atoms with Crippen molar-refractivity contribution in [3.05, 3.63) is 69.8 Å². The maximum atomic E-state index is 11.6. The highest BCUT2D eigenvalue weighted by atomic mass is 16.6. The smallest absolute Gasteiger partial charge is 0.269 e. The topological polar surface area (TPSA) is 107 Å². The maximum Gasteiger partial charge on any atom is 0.269 e. The van der Waals surface area contributed by atoms with Gasteiger partial charge in [-0.15, -0.1) is 0 Å². The Hall–Kier alpha value is -2.93. The minimum absolute atomic E-state index is 0.00902. The number of non-ortho nitro benzene ring substituents is 1. The van der Waals surface area contributed by atoms with Crippen LogP contribution in [0.2, 0.25) is 0 Å². The Balaban J connectivity index is 2.09. The third-order valence-electron chi connectivity index (χ3n) is 2.83. The number of nitro benzene ring substituents is 1. The van der Waals surface area contributed by atoms with E-state index in [1.807, 2.05) is 0 Å². The van der Waals surface area contributed by atoms with Crippen molar-refractivity contribution in [2.75, 3.05) is 0 Å². The number of benzene rings is 2. The second-order valence-corrected chi connectivity index (χ2v) is 4.17. The zero-order valence-corrected chi connectivity index (χ0v) is 11.0. The molecule has 21 heavy (non-hydrogen) atoms. The predicted molar refractivity (Wildman–Crippen MR) is 75.5 cm³/mol. The van der Waals surface area contributed by atoms with E-state index in [1.54, 1.807) is 24.3 Å². The van der Waals surface area contributed by atoms with Gasteiger partial charge in [0, 0.05) is 23.3 Å². The summed E-state index contributed by atoms with van der Waals surface area (Å²) in [7, 11) is 0. The van der Waals surface area contributed by atoms with Crippen LogP contribution < -0.4 is 16.0 Å². The van der Waals surface area contributed by atoms with Gasteiger partial charge in [-0.2, -0.15) is 0 Å². The minimum atomic E-state index is -0.481. The first kappa shape index (κ1) is 14.5. The van der Waals surface area contributed by atoms with E-state index in [0.29, 0.717) is 16.9 Å². The van der Waals surface area contributed by atoms with Crippen molar-refractivity contribution >= 4 is 11.6 Å². The largest absolute Gasteiger partial charge is 0.489 e. The van der Waals surface area contributed by atoms with Crippen LogP contribution in [0, 0.1) is 10.1 Å². The lowest BCUT2D eigenvalue weighted by Crippen LogP contribution is -2.30. The van der Waals surface area contributed by atoms with Gasteiger partial charge in [-0.1, -0.05) is 18.2 Å². The lowest BCUT2D eigenvalue weighted by Gasteiger charge is -2.10. The van der Waals surface area contributed by atoms with Gasteiger partial charge in [-0.25, -0.2) is 5.84 Å². The van der Waals surface area contributed by atoms with Crippen LogP contribution in [0.15, 0.2) is 48.5 Å². The second-order valence-electron chi connectivity index (χ2n) is 4.17. The normalized spacial score (nSPS) is 9.95. The molecule has 2 aromatic carbocycles. The fourth-order valence-corrected chi connectivity index (χ4v) is 1.77. The Morgan fingerprint density at radius 3 is 2.48 bits per heavy atom. The molecular weight excluding hydrogens is 274 g/mol. The van der Waals surface area contributed by atoms with Crippen molar-refractivity contribution in [3.63, 3.8) is 0 Å². The molecule has 0 atom stereocenters. The van der Waals surface area contributed by atoms with Crippen LogP contribution in [0.1, 0.15) is 15.9 Å². The summed E-state index contributed by atoms with van der Waals surface area (Å²) in [6.45, 7) is 0.154. The van der Waals surface area contributed by atoms with Crippen LogP contribution in [-0.4, -0.2) is 10.8 Å². The number of amides is 1. The summed E-state index contributed by atoms with van der Waals surface area (Å²) in [6.07, 6.45) is 0. The zero-order valence-electron chi connectivity index (χ0n) is 11.0. The van der Waals surface area contributed by atoms with Crippen molar-refractivity contribution in [1.82, 2.24) is 5.43 Å². The molecule has 2 aromatic rings. The second kappa shape index (κ2) is 6.49. The molecule has 2 rings (SSSR count). The van der Waals surface area contributed by atoms with E-state index >= 15 is 0 Å². The minimum Gasteiger partial charge on any atom is -0.489 e. The number of nitrogen functional groups attached to an aromatic ring is 1. The van der Waals surface area contributed by atoms with Crippen molar-refractivity contribution in [1.29, 1.82) is 0 Å². The van der Waals surface area contributed by atoms with E-state index in [1.165, 1.54) is 24.3 Å². The molecule has 0 saturated carbocycles. The predicted octanol–water partition coefficient (Wildman–Crippen LogP) is 1.78. The van der Waals surface area contributed by atoms with Crippen molar-refractivity contribution in [2.24, 2.45) is 5.84 Å². The molecule has 0 unspecified atom stereocenters. The molecule has 0 radical (unpaired) electrons. The van der Waals surface area contributed by atoms with Crippen molar-refractivity contribution in [3.8, 4) is 5.75 Å². The molecule has 7 heteroatoms. The molecule has 7 nitrogen and oxygen atoms in total. The maximum absolute atomic E-state index is 11.6. The molecule has 0 aliphatic rings. The Morgan fingerprint density at radius 1 is 1.19 bits per heavy atom. The summed E-state index contributed by atoms with van der Waals surface area (Å²) in [6, 6.07) is 12.6. The van der Waals surface area contributed by atoms with Gasteiger partial charge in [0.2, 0.25) is 0 Å². The number of nitrogens with one attached hydrogen (secondary N) is 1. The number of nitro groups is 1. The monoisotopic (exact) mass is 287 g/mol. The summed E-state index contributed by atoms with van der Waals surface area (Å²) in [5.74, 6) is 5.19.